The van der Waals surface area contributed by atoms with Crippen molar-refractivity contribution in [3.05, 3.63) is 29.3 Å². The highest BCUT2D eigenvalue weighted by Gasteiger charge is 2.42. The number of halogens is 2. The smallest absolute Gasteiger partial charge is 0.257 e. The van der Waals surface area contributed by atoms with Gasteiger partial charge in [-0.1, -0.05) is 0 Å². The number of ether oxygens (including phenoxy) is 2. The van der Waals surface area contributed by atoms with Gasteiger partial charge in [-0.05, 0) is 25.2 Å². The van der Waals surface area contributed by atoms with E-state index in [-0.39, 0.29) is 17.8 Å². The number of nitrogens with zero attached hydrogens (tertiary/aromatic N) is 1. The molecule has 2 saturated heterocycles. The maximum Gasteiger partial charge on any atom is 0.257 e. The number of carbonyl (C=O) groups excluding carboxylic acids is 1. The normalized spacial score (nSPS) is 29.3. The zero-order chi connectivity index (χ0) is 17.6. The van der Waals surface area contributed by atoms with Gasteiger partial charge in [0, 0.05) is 37.3 Å². The molecular formula is C18H22F2N2O3. The van der Waals surface area contributed by atoms with Crippen molar-refractivity contribution in [1.29, 1.82) is 0 Å². The molecule has 1 saturated carbocycles. The molecule has 1 amide bonds. The Hall–Kier alpha value is -1.73. The van der Waals surface area contributed by atoms with E-state index in [1.807, 2.05) is 0 Å². The molecule has 5 nitrogen and oxygen atoms in total. The lowest BCUT2D eigenvalue weighted by Crippen LogP contribution is -2.47. The summed E-state index contributed by atoms with van der Waals surface area (Å²) in [5, 5.41) is 2.77. The molecule has 0 unspecified atom stereocenters. The first-order valence-corrected chi connectivity index (χ1v) is 8.74. The third kappa shape index (κ3) is 3.35. The zero-order valence-corrected chi connectivity index (χ0v) is 14.1. The number of benzene rings is 1. The van der Waals surface area contributed by atoms with E-state index in [0.29, 0.717) is 25.2 Å². The molecule has 3 aliphatic rings. The highest BCUT2D eigenvalue weighted by molar-refractivity contribution is 5.95. The number of hydrogen-bond donors (Lipinski definition) is 1. The Morgan fingerprint density at radius 2 is 2.00 bits per heavy atom. The first kappa shape index (κ1) is 16.7. The van der Waals surface area contributed by atoms with Gasteiger partial charge in [-0.25, -0.2) is 8.78 Å². The van der Waals surface area contributed by atoms with Crippen LogP contribution in [0.2, 0.25) is 0 Å². The number of methoxy groups -OCH3 is 1. The molecule has 1 N–H and O–H groups in total. The minimum Gasteiger partial charge on any atom is -0.497 e. The third-order valence-electron chi connectivity index (χ3n) is 5.41. The number of hydrogen-bond acceptors (Lipinski definition) is 4. The van der Waals surface area contributed by atoms with E-state index >= 15 is 0 Å². The summed E-state index contributed by atoms with van der Waals surface area (Å²) in [6.07, 6.45) is 3.50. The van der Waals surface area contributed by atoms with Crippen molar-refractivity contribution in [2.24, 2.45) is 5.92 Å². The summed E-state index contributed by atoms with van der Waals surface area (Å²) in [5.74, 6) is -1.82. The molecule has 0 spiro atoms. The molecule has 3 atom stereocenters. The fraction of sp³-hybridized carbons (Fsp3) is 0.611. The summed E-state index contributed by atoms with van der Waals surface area (Å²) < 4.78 is 38.8. The van der Waals surface area contributed by atoms with Gasteiger partial charge in [0.2, 0.25) is 0 Å². The van der Waals surface area contributed by atoms with Crippen LogP contribution in [0.15, 0.2) is 12.1 Å². The summed E-state index contributed by atoms with van der Waals surface area (Å²) in [4.78, 5) is 14.7. The summed E-state index contributed by atoms with van der Waals surface area (Å²) in [7, 11) is 1.32. The molecule has 25 heavy (non-hydrogen) atoms. The lowest BCUT2D eigenvalue weighted by molar-refractivity contribution is -0.0581. The van der Waals surface area contributed by atoms with Crippen LogP contribution in [-0.2, 0) is 4.74 Å². The Bertz CT molecular complexity index is 657. The summed E-state index contributed by atoms with van der Waals surface area (Å²) >= 11 is 0. The van der Waals surface area contributed by atoms with Gasteiger partial charge in [0.25, 0.3) is 5.91 Å². The van der Waals surface area contributed by atoms with E-state index in [2.05, 4.69) is 10.2 Å². The van der Waals surface area contributed by atoms with Gasteiger partial charge in [0.15, 0.2) is 0 Å². The zero-order valence-electron chi connectivity index (χ0n) is 14.1. The van der Waals surface area contributed by atoms with E-state index in [1.165, 1.54) is 20.0 Å². The molecule has 0 radical (unpaired) electrons. The molecular weight excluding hydrogens is 330 g/mol. The van der Waals surface area contributed by atoms with Crippen LogP contribution < -0.4 is 10.1 Å². The molecule has 1 aromatic carbocycles. The molecule has 7 heteroatoms. The largest absolute Gasteiger partial charge is 0.497 e. The van der Waals surface area contributed by atoms with E-state index < -0.39 is 23.1 Å². The van der Waals surface area contributed by atoms with E-state index in [9.17, 15) is 13.6 Å². The predicted molar refractivity (Wildman–Crippen MR) is 86.6 cm³/mol. The van der Waals surface area contributed by atoms with Crippen molar-refractivity contribution >= 4 is 5.91 Å². The van der Waals surface area contributed by atoms with Gasteiger partial charge in [0.1, 0.15) is 22.9 Å². The average molecular weight is 352 g/mol. The monoisotopic (exact) mass is 352 g/mol. The van der Waals surface area contributed by atoms with Crippen LogP contribution in [0.5, 0.6) is 5.75 Å². The summed E-state index contributed by atoms with van der Waals surface area (Å²) in [6, 6.07) is 2.18. The molecule has 0 aromatic heterocycles. The summed E-state index contributed by atoms with van der Waals surface area (Å²) in [6.45, 7) is 2.24. The number of fused-ring (bicyclic) bond motifs is 1. The van der Waals surface area contributed by atoms with Crippen molar-refractivity contribution in [3.63, 3.8) is 0 Å². The number of morpholine rings is 1. The lowest BCUT2D eigenvalue weighted by Gasteiger charge is -2.35. The van der Waals surface area contributed by atoms with Gasteiger partial charge in [-0.15, -0.1) is 0 Å². The van der Waals surface area contributed by atoms with Gasteiger partial charge >= 0.3 is 0 Å². The Labute approximate surface area is 145 Å². The quantitative estimate of drug-likeness (QED) is 0.900. The summed E-state index contributed by atoms with van der Waals surface area (Å²) in [5.41, 5.74) is -0.558. The Balaban J connectivity index is 1.40. The molecule has 1 aliphatic carbocycles. The maximum absolute atomic E-state index is 14.1. The fourth-order valence-electron chi connectivity index (χ4n) is 3.90. The van der Waals surface area contributed by atoms with E-state index in [4.69, 9.17) is 9.47 Å². The van der Waals surface area contributed by atoms with Gasteiger partial charge in [0.05, 0.1) is 19.8 Å². The van der Waals surface area contributed by atoms with Crippen LogP contribution in [0.1, 0.15) is 29.6 Å². The van der Waals surface area contributed by atoms with Gasteiger partial charge in [-0.3, -0.25) is 9.69 Å². The first-order valence-electron chi connectivity index (χ1n) is 8.74. The highest BCUT2D eigenvalue weighted by atomic mass is 19.1. The van der Waals surface area contributed by atoms with Crippen molar-refractivity contribution in [2.75, 3.05) is 26.8 Å². The molecule has 1 aromatic rings. The SMILES string of the molecule is COc1cc(F)c(C(=O)N[C@H]2C[C@H]3CO[C@@H](C4CC4)CN3C2)c(F)c1. The number of rotatable bonds is 4. The Morgan fingerprint density at radius 3 is 2.64 bits per heavy atom. The molecule has 2 heterocycles. The molecule has 136 valence electrons. The second-order valence-corrected chi connectivity index (χ2v) is 7.19. The van der Waals surface area contributed by atoms with Crippen molar-refractivity contribution < 1.29 is 23.0 Å². The molecule has 3 fully saturated rings. The molecule has 0 bridgehead atoms. The first-order chi connectivity index (χ1) is 12.0. The minimum absolute atomic E-state index is 0.0489. The van der Waals surface area contributed by atoms with Gasteiger partial charge in [-0.2, -0.15) is 0 Å². The van der Waals surface area contributed by atoms with Gasteiger partial charge < -0.3 is 14.8 Å². The van der Waals surface area contributed by atoms with Crippen molar-refractivity contribution in [3.8, 4) is 5.75 Å². The minimum atomic E-state index is -0.915. The van der Waals surface area contributed by atoms with Crippen LogP contribution in [0, 0.1) is 17.6 Å². The van der Waals surface area contributed by atoms with Crippen molar-refractivity contribution in [2.45, 2.75) is 37.5 Å². The van der Waals surface area contributed by atoms with Crippen LogP contribution in [0.4, 0.5) is 8.78 Å². The number of nitrogens with one attached hydrogen (secondary N) is 1. The number of carbonyl (C=O) groups is 1. The van der Waals surface area contributed by atoms with Crippen LogP contribution in [-0.4, -0.2) is 55.8 Å². The third-order valence-corrected chi connectivity index (χ3v) is 5.41. The number of amides is 1. The van der Waals surface area contributed by atoms with E-state index in [0.717, 1.165) is 25.1 Å². The average Bonchev–Trinajstić information content (AvgIpc) is 3.34. The van der Waals surface area contributed by atoms with Crippen LogP contribution >= 0.6 is 0 Å². The molecule has 2 aliphatic heterocycles. The Kier molecular flexibility index (Phi) is 4.37. The standard InChI is InChI=1S/C18H22F2N2O3/c1-24-13-5-14(19)17(15(20)6-13)18(23)21-11-4-12-9-25-16(10-2-3-10)8-22(12)7-11/h5-6,10-12,16H,2-4,7-9H2,1H3,(H,21,23)/t11-,12-,16+/m0/s1. The Morgan fingerprint density at radius 1 is 1.28 bits per heavy atom. The van der Waals surface area contributed by atoms with E-state index in [1.54, 1.807) is 0 Å². The fourth-order valence-corrected chi connectivity index (χ4v) is 3.90. The second-order valence-electron chi connectivity index (χ2n) is 7.19. The highest BCUT2D eigenvalue weighted by Crippen LogP contribution is 2.38. The molecule has 4 rings (SSSR count). The van der Waals surface area contributed by atoms with Crippen LogP contribution in [0.25, 0.3) is 0 Å². The lowest BCUT2D eigenvalue weighted by atomic mass is 10.1. The maximum atomic E-state index is 14.1. The second kappa shape index (κ2) is 6.53. The van der Waals surface area contributed by atoms with Crippen LogP contribution in [0.3, 0.4) is 0 Å². The topological polar surface area (TPSA) is 50.8 Å². The predicted octanol–water partition coefficient (Wildman–Crippen LogP) is 1.95. The van der Waals surface area contributed by atoms with Crippen molar-refractivity contribution in [1.82, 2.24) is 10.2 Å².